The predicted octanol–water partition coefficient (Wildman–Crippen LogP) is 1.41. The van der Waals surface area contributed by atoms with Gasteiger partial charge in [0.2, 0.25) is 0 Å². The van der Waals surface area contributed by atoms with E-state index in [2.05, 4.69) is 5.32 Å². The van der Waals surface area contributed by atoms with E-state index < -0.39 is 6.29 Å². The lowest BCUT2D eigenvalue weighted by Gasteiger charge is -2.16. The van der Waals surface area contributed by atoms with Crippen LogP contribution in [0.4, 0.5) is 0 Å². The van der Waals surface area contributed by atoms with Gasteiger partial charge in [0.25, 0.3) is 0 Å². The van der Waals surface area contributed by atoms with Gasteiger partial charge < -0.3 is 4.74 Å². The molecule has 3 heteroatoms. The van der Waals surface area contributed by atoms with Gasteiger partial charge in [0.1, 0.15) is 6.23 Å². The molecule has 2 rings (SSSR count). The second-order valence-electron chi connectivity index (χ2n) is 3.93. The standard InChI is InChI=1S/C9H16NO2/c1-2-8(11)12-7-3-4-9(10-7)5-6-9/h7-8,10H,2-6H2,1H3. The highest BCUT2D eigenvalue weighted by molar-refractivity contribution is 5.06. The number of hydrogen-bond acceptors (Lipinski definition) is 2. The average molecular weight is 170 g/mol. The van der Waals surface area contributed by atoms with E-state index in [0.717, 1.165) is 6.42 Å². The van der Waals surface area contributed by atoms with Crippen LogP contribution in [-0.4, -0.2) is 18.1 Å². The fourth-order valence-electron chi connectivity index (χ4n) is 1.82. The van der Waals surface area contributed by atoms with E-state index >= 15 is 0 Å². The van der Waals surface area contributed by atoms with Crippen molar-refractivity contribution in [2.24, 2.45) is 0 Å². The Morgan fingerprint density at radius 1 is 1.58 bits per heavy atom. The van der Waals surface area contributed by atoms with E-state index in [1.807, 2.05) is 6.92 Å². The van der Waals surface area contributed by atoms with Gasteiger partial charge in [-0.2, -0.15) is 0 Å². The van der Waals surface area contributed by atoms with Gasteiger partial charge >= 0.3 is 0 Å². The molecule has 2 fully saturated rings. The first kappa shape index (κ1) is 8.48. The number of ether oxygens (including phenoxy) is 1. The molecule has 1 spiro atoms. The van der Waals surface area contributed by atoms with Crippen molar-refractivity contribution >= 4 is 0 Å². The molecule has 1 aliphatic heterocycles. The van der Waals surface area contributed by atoms with Crippen LogP contribution < -0.4 is 5.32 Å². The Bertz CT molecular complexity index is 168. The summed E-state index contributed by atoms with van der Waals surface area (Å²) in [6, 6.07) is 0. The van der Waals surface area contributed by atoms with Crippen LogP contribution in [0.25, 0.3) is 0 Å². The van der Waals surface area contributed by atoms with Crippen LogP contribution in [0.3, 0.4) is 0 Å². The molecule has 0 amide bonds. The molecular formula is C9H16NO2. The van der Waals surface area contributed by atoms with Crippen molar-refractivity contribution in [2.75, 3.05) is 0 Å². The van der Waals surface area contributed by atoms with Gasteiger partial charge in [-0.25, -0.2) is 5.11 Å². The molecule has 0 aromatic heterocycles. The van der Waals surface area contributed by atoms with Crippen LogP contribution >= 0.6 is 0 Å². The maximum atomic E-state index is 11.0. The Hall–Kier alpha value is -0.120. The molecule has 1 heterocycles. The summed E-state index contributed by atoms with van der Waals surface area (Å²) in [4.78, 5) is 0. The monoisotopic (exact) mass is 170 g/mol. The number of hydrogen-bond donors (Lipinski definition) is 1. The van der Waals surface area contributed by atoms with Gasteiger partial charge in [0, 0.05) is 5.54 Å². The second-order valence-corrected chi connectivity index (χ2v) is 3.93. The molecule has 2 unspecified atom stereocenters. The van der Waals surface area contributed by atoms with Crippen molar-refractivity contribution in [2.45, 2.75) is 57.1 Å². The van der Waals surface area contributed by atoms with E-state index in [1.165, 1.54) is 19.3 Å². The van der Waals surface area contributed by atoms with Gasteiger partial charge in [-0.05, 0) is 32.1 Å². The smallest absolute Gasteiger partial charge is 0.192 e. The van der Waals surface area contributed by atoms with Gasteiger partial charge in [-0.1, -0.05) is 6.92 Å². The molecule has 2 atom stereocenters. The zero-order valence-electron chi connectivity index (χ0n) is 7.51. The van der Waals surface area contributed by atoms with Crippen LogP contribution in [0, 0.1) is 0 Å². The van der Waals surface area contributed by atoms with Gasteiger partial charge in [-0.15, -0.1) is 0 Å². The third-order valence-corrected chi connectivity index (χ3v) is 2.86. The predicted molar refractivity (Wildman–Crippen MR) is 44.0 cm³/mol. The van der Waals surface area contributed by atoms with E-state index in [1.54, 1.807) is 0 Å². The Morgan fingerprint density at radius 2 is 2.33 bits per heavy atom. The topological polar surface area (TPSA) is 41.2 Å². The van der Waals surface area contributed by atoms with Crippen molar-refractivity contribution < 1.29 is 9.84 Å². The number of nitrogens with one attached hydrogen (secondary N) is 1. The SMILES string of the molecule is CCC([O])OC1CCC2(CC2)N1. The molecule has 0 aromatic carbocycles. The van der Waals surface area contributed by atoms with Crippen LogP contribution in [0.5, 0.6) is 0 Å². The highest BCUT2D eigenvalue weighted by Gasteiger charge is 2.48. The normalized spacial score (nSPS) is 34.0. The summed E-state index contributed by atoms with van der Waals surface area (Å²) in [5, 5.41) is 14.4. The summed E-state index contributed by atoms with van der Waals surface area (Å²) >= 11 is 0. The molecule has 12 heavy (non-hydrogen) atoms. The fourth-order valence-corrected chi connectivity index (χ4v) is 1.82. The lowest BCUT2D eigenvalue weighted by molar-refractivity contribution is -0.175. The summed E-state index contributed by atoms with van der Waals surface area (Å²) in [7, 11) is 0. The molecule has 2 aliphatic rings. The quantitative estimate of drug-likeness (QED) is 0.651. The zero-order chi connectivity index (χ0) is 8.60. The minimum atomic E-state index is -0.837. The van der Waals surface area contributed by atoms with Gasteiger partial charge in [0.15, 0.2) is 6.29 Å². The van der Waals surface area contributed by atoms with Gasteiger partial charge in [-0.3, -0.25) is 5.32 Å². The summed E-state index contributed by atoms with van der Waals surface area (Å²) in [6.45, 7) is 1.86. The molecular weight excluding hydrogens is 154 g/mol. The van der Waals surface area contributed by atoms with Crippen LogP contribution in [0.15, 0.2) is 0 Å². The molecule has 0 bridgehead atoms. The highest BCUT2D eigenvalue weighted by Crippen LogP contribution is 2.44. The van der Waals surface area contributed by atoms with Crippen LogP contribution in [0.1, 0.15) is 39.0 Å². The maximum absolute atomic E-state index is 11.0. The van der Waals surface area contributed by atoms with Crippen molar-refractivity contribution in [1.29, 1.82) is 0 Å². The molecule has 1 radical (unpaired) electrons. The first-order valence-corrected chi connectivity index (χ1v) is 4.83. The Morgan fingerprint density at radius 3 is 2.83 bits per heavy atom. The van der Waals surface area contributed by atoms with Gasteiger partial charge in [0.05, 0.1) is 0 Å². The molecule has 1 saturated heterocycles. The van der Waals surface area contributed by atoms with E-state index in [-0.39, 0.29) is 6.23 Å². The summed E-state index contributed by atoms with van der Waals surface area (Å²) < 4.78 is 5.27. The third-order valence-electron chi connectivity index (χ3n) is 2.86. The van der Waals surface area contributed by atoms with E-state index in [9.17, 15) is 5.11 Å². The molecule has 0 aromatic rings. The second kappa shape index (κ2) is 2.98. The zero-order valence-corrected chi connectivity index (χ0v) is 7.51. The minimum absolute atomic E-state index is 0.0370. The molecule has 1 N–H and O–H groups in total. The van der Waals surface area contributed by atoms with E-state index in [4.69, 9.17) is 4.74 Å². The van der Waals surface area contributed by atoms with Crippen molar-refractivity contribution in [3.05, 3.63) is 0 Å². The van der Waals surface area contributed by atoms with Crippen molar-refractivity contribution in [3.8, 4) is 0 Å². The first-order chi connectivity index (χ1) is 5.74. The summed E-state index contributed by atoms with van der Waals surface area (Å²) in [5.74, 6) is 0. The Kier molecular flexibility index (Phi) is 2.10. The Labute approximate surface area is 73.1 Å². The van der Waals surface area contributed by atoms with Crippen LogP contribution in [0.2, 0.25) is 0 Å². The fraction of sp³-hybridized carbons (Fsp3) is 1.00. The lowest BCUT2D eigenvalue weighted by Crippen LogP contribution is -2.35. The van der Waals surface area contributed by atoms with E-state index in [0.29, 0.717) is 12.0 Å². The Balaban J connectivity index is 1.76. The third kappa shape index (κ3) is 1.63. The average Bonchev–Trinajstić information content (AvgIpc) is 2.68. The minimum Gasteiger partial charge on any atom is -0.331 e. The molecule has 1 saturated carbocycles. The molecule has 1 aliphatic carbocycles. The van der Waals surface area contributed by atoms with Crippen LogP contribution in [-0.2, 0) is 9.84 Å². The molecule has 69 valence electrons. The van der Waals surface area contributed by atoms with Crippen molar-refractivity contribution in [1.82, 2.24) is 5.32 Å². The summed E-state index contributed by atoms with van der Waals surface area (Å²) in [5.41, 5.74) is 0.387. The maximum Gasteiger partial charge on any atom is 0.192 e. The highest BCUT2D eigenvalue weighted by atomic mass is 16.6. The summed E-state index contributed by atoms with van der Waals surface area (Å²) in [6.07, 6.45) is 4.50. The largest absolute Gasteiger partial charge is 0.331 e. The number of rotatable bonds is 3. The lowest BCUT2D eigenvalue weighted by atomic mass is 10.2. The van der Waals surface area contributed by atoms with Crippen molar-refractivity contribution in [3.63, 3.8) is 0 Å². The first-order valence-electron chi connectivity index (χ1n) is 4.83. The molecule has 3 nitrogen and oxygen atoms in total.